The van der Waals surface area contributed by atoms with Crippen LogP contribution in [0.2, 0.25) is 0 Å². The van der Waals surface area contributed by atoms with E-state index in [1.165, 1.54) is 21.3 Å². The van der Waals surface area contributed by atoms with Gasteiger partial charge in [0.2, 0.25) is 5.75 Å². The third-order valence-corrected chi connectivity index (χ3v) is 6.65. The molecule has 8 nitrogen and oxygen atoms in total. The van der Waals surface area contributed by atoms with E-state index in [2.05, 4.69) is 11.9 Å². The van der Waals surface area contributed by atoms with Gasteiger partial charge >= 0.3 is 5.63 Å². The van der Waals surface area contributed by atoms with Gasteiger partial charge in [-0.3, -0.25) is 4.79 Å². The molecule has 1 saturated heterocycles. The standard InChI is InChI=1S/C28H33NO7/c1-17-23(35-22-8-10-29(2)11-9-22)7-6-19-15-20(28(31)36-26(17)19)16-21(30)12-18-13-24(32-3)27(34-5)25(14-18)33-4/h6-7,13-15,22H,8-12,16H2,1-5H3. The quantitative estimate of drug-likeness (QED) is 0.413. The first-order chi connectivity index (χ1) is 17.3. The number of hydrogen-bond acceptors (Lipinski definition) is 8. The van der Waals surface area contributed by atoms with Crippen LogP contribution in [0.1, 0.15) is 29.5 Å². The average Bonchev–Trinajstić information content (AvgIpc) is 2.87. The van der Waals surface area contributed by atoms with Gasteiger partial charge in [-0.1, -0.05) is 0 Å². The van der Waals surface area contributed by atoms with Gasteiger partial charge < -0.3 is 28.3 Å². The third kappa shape index (κ3) is 5.49. The molecule has 1 aromatic heterocycles. The van der Waals surface area contributed by atoms with Crippen molar-refractivity contribution in [2.45, 2.75) is 38.7 Å². The van der Waals surface area contributed by atoms with E-state index < -0.39 is 5.63 Å². The molecule has 0 unspecified atom stereocenters. The molecule has 3 aromatic rings. The van der Waals surface area contributed by atoms with Crippen molar-refractivity contribution in [1.29, 1.82) is 0 Å². The number of hydrogen-bond donors (Lipinski definition) is 0. The monoisotopic (exact) mass is 495 g/mol. The highest BCUT2D eigenvalue weighted by Gasteiger charge is 2.21. The molecule has 36 heavy (non-hydrogen) atoms. The van der Waals surface area contributed by atoms with Gasteiger partial charge in [0.1, 0.15) is 23.2 Å². The number of aryl methyl sites for hydroxylation is 1. The van der Waals surface area contributed by atoms with Gasteiger partial charge in [-0.05, 0) is 62.7 Å². The van der Waals surface area contributed by atoms with E-state index in [-0.39, 0.29) is 24.7 Å². The van der Waals surface area contributed by atoms with E-state index in [0.29, 0.717) is 34.0 Å². The van der Waals surface area contributed by atoms with Crippen molar-refractivity contribution in [3.05, 3.63) is 57.4 Å². The number of ketones is 1. The van der Waals surface area contributed by atoms with Crippen LogP contribution in [0.4, 0.5) is 0 Å². The molecule has 1 aliphatic heterocycles. The number of methoxy groups -OCH3 is 3. The lowest BCUT2D eigenvalue weighted by Gasteiger charge is -2.29. The van der Waals surface area contributed by atoms with Crippen LogP contribution in [-0.2, 0) is 17.6 Å². The number of ether oxygens (including phenoxy) is 4. The SMILES string of the molecule is COc1cc(CC(=O)Cc2cc3ccc(OC4CCN(C)CC4)c(C)c3oc2=O)cc(OC)c1OC. The van der Waals surface area contributed by atoms with Gasteiger partial charge in [-0.15, -0.1) is 0 Å². The summed E-state index contributed by atoms with van der Waals surface area (Å²) in [4.78, 5) is 27.9. The fourth-order valence-corrected chi connectivity index (χ4v) is 4.62. The molecule has 8 heteroatoms. The fourth-order valence-electron chi connectivity index (χ4n) is 4.62. The molecular weight excluding hydrogens is 462 g/mol. The lowest BCUT2D eigenvalue weighted by Crippen LogP contribution is -2.35. The van der Waals surface area contributed by atoms with Crippen LogP contribution < -0.4 is 24.6 Å². The molecule has 1 aliphatic rings. The second kappa shape index (κ2) is 11.0. The van der Waals surface area contributed by atoms with Gasteiger partial charge in [0.05, 0.1) is 21.3 Å². The number of likely N-dealkylation sites (tertiary alicyclic amines) is 1. The fraction of sp³-hybridized carbons (Fsp3) is 0.429. The van der Waals surface area contributed by atoms with Crippen LogP contribution in [0.5, 0.6) is 23.0 Å². The number of Topliss-reactive ketones (excluding diaryl/α,β-unsaturated/α-hetero) is 1. The Balaban J connectivity index is 1.52. The van der Waals surface area contributed by atoms with Gasteiger partial charge in [-0.2, -0.15) is 0 Å². The van der Waals surface area contributed by atoms with E-state index in [4.69, 9.17) is 23.4 Å². The molecule has 1 fully saturated rings. The second-order valence-electron chi connectivity index (χ2n) is 9.21. The average molecular weight is 496 g/mol. The van der Waals surface area contributed by atoms with E-state index in [1.54, 1.807) is 18.2 Å². The molecule has 2 aromatic carbocycles. The van der Waals surface area contributed by atoms with Crippen LogP contribution in [-0.4, -0.2) is 58.3 Å². The maximum atomic E-state index is 12.9. The van der Waals surface area contributed by atoms with Crippen LogP contribution in [0.25, 0.3) is 11.0 Å². The largest absolute Gasteiger partial charge is 0.493 e. The van der Waals surface area contributed by atoms with Crippen molar-refractivity contribution in [1.82, 2.24) is 4.90 Å². The predicted octanol–water partition coefficient (Wildman–Crippen LogP) is 3.95. The maximum Gasteiger partial charge on any atom is 0.339 e. The Morgan fingerprint density at radius 2 is 1.64 bits per heavy atom. The number of rotatable bonds is 9. The van der Waals surface area contributed by atoms with Crippen molar-refractivity contribution in [2.24, 2.45) is 0 Å². The zero-order valence-electron chi connectivity index (χ0n) is 21.5. The van der Waals surface area contributed by atoms with Crippen molar-refractivity contribution in [3.63, 3.8) is 0 Å². The summed E-state index contributed by atoms with van der Waals surface area (Å²) < 4.78 is 28.0. The van der Waals surface area contributed by atoms with E-state index in [1.807, 2.05) is 19.1 Å². The third-order valence-electron chi connectivity index (χ3n) is 6.65. The zero-order valence-corrected chi connectivity index (χ0v) is 21.5. The first-order valence-electron chi connectivity index (χ1n) is 12.0. The minimum Gasteiger partial charge on any atom is -0.493 e. The zero-order chi connectivity index (χ0) is 25.8. The van der Waals surface area contributed by atoms with E-state index in [9.17, 15) is 9.59 Å². The van der Waals surface area contributed by atoms with Gasteiger partial charge in [0, 0.05) is 42.4 Å². The second-order valence-corrected chi connectivity index (χ2v) is 9.21. The number of carbonyl (C=O) groups is 1. The number of fused-ring (bicyclic) bond motifs is 1. The van der Waals surface area contributed by atoms with Gasteiger partial charge in [-0.25, -0.2) is 4.79 Å². The lowest BCUT2D eigenvalue weighted by molar-refractivity contribution is -0.117. The lowest BCUT2D eigenvalue weighted by atomic mass is 10.0. The first kappa shape index (κ1) is 25.6. The normalized spacial score (nSPS) is 14.6. The van der Waals surface area contributed by atoms with Crippen molar-refractivity contribution < 1.29 is 28.2 Å². The number of nitrogens with zero attached hydrogens (tertiary/aromatic N) is 1. The Morgan fingerprint density at radius 3 is 2.25 bits per heavy atom. The first-order valence-corrected chi connectivity index (χ1v) is 12.0. The van der Waals surface area contributed by atoms with E-state index in [0.717, 1.165) is 42.6 Å². The van der Waals surface area contributed by atoms with Gasteiger partial charge in [0.15, 0.2) is 11.5 Å². The molecule has 4 rings (SSSR count). The highest BCUT2D eigenvalue weighted by atomic mass is 16.5. The summed E-state index contributed by atoms with van der Waals surface area (Å²) in [6.45, 7) is 3.89. The summed E-state index contributed by atoms with van der Waals surface area (Å²) in [6.07, 6.45) is 2.14. The van der Waals surface area contributed by atoms with Gasteiger partial charge in [0.25, 0.3) is 0 Å². The summed E-state index contributed by atoms with van der Waals surface area (Å²) in [7, 11) is 6.68. The molecular formula is C28H33NO7. The minimum atomic E-state index is -0.514. The summed E-state index contributed by atoms with van der Waals surface area (Å²) in [6, 6.07) is 9.00. The molecule has 0 spiro atoms. The predicted molar refractivity (Wildman–Crippen MR) is 137 cm³/mol. The molecule has 0 N–H and O–H groups in total. The van der Waals surface area contributed by atoms with E-state index >= 15 is 0 Å². The smallest absolute Gasteiger partial charge is 0.339 e. The highest BCUT2D eigenvalue weighted by Crippen LogP contribution is 2.38. The maximum absolute atomic E-state index is 12.9. The molecule has 0 atom stereocenters. The Labute approximate surface area is 210 Å². The Morgan fingerprint density at radius 1 is 0.972 bits per heavy atom. The van der Waals surface area contributed by atoms with Crippen molar-refractivity contribution in [2.75, 3.05) is 41.5 Å². The molecule has 0 saturated carbocycles. The Bertz CT molecular complexity index is 1280. The summed E-state index contributed by atoms with van der Waals surface area (Å²) in [5.41, 5.74) is 1.79. The van der Waals surface area contributed by atoms with Crippen LogP contribution >= 0.6 is 0 Å². The Kier molecular flexibility index (Phi) is 7.84. The minimum absolute atomic E-state index is 0.0399. The Hall–Kier alpha value is -3.52. The topological polar surface area (TPSA) is 87.4 Å². The highest BCUT2D eigenvalue weighted by molar-refractivity contribution is 5.86. The molecule has 2 heterocycles. The number of piperidine rings is 1. The summed E-state index contributed by atoms with van der Waals surface area (Å²) in [5, 5.41) is 0.762. The molecule has 0 aliphatic carbocycles. The molecule has 0 bridgehead atoms. The molecule has 192 valence electrons. The van der Waals surface area contributed by atoms with Crippen LogP contribution in [0.15, 0.2) is 39.5 Å². The van der Waals surface area contributed by atoms with Crippen molar-refractivity contribution >= 4 is 16.8 Å². The summed E-state index contributed by atoms with van der Waals surface area (Å²) >= 11 is 0. The van der Waals surface area contributed by atoms with Crippen LogP contribution in [0.3, 0.4) is 0 Å². The number of carbonyl (C=O) groups excluding carboxylic acids is 1. The molecule has 0 amide bonds. The van der Waals surface area contributed by atoms with Crippen LogP contribution in [0, 0.1) is 6.92 Å². The van der Waals surface area contributed by atoms with Crippen molar-refractivity contribution in [3.8, 4) is 23.0 Å². The molecule has 0 radical (unpaired) electrons. The number of benzene rings is 2. The summed E-state index contributed by atoms with van der Waals surface area (Å²) in [5.74, 6) is 2.00.